The predicted octanol–water partition coefficient (Wildman–Crippen LogP) is 2.87. The Bertz CT molecular complexity index is 618. The first-order chi connectivity index (χ1) is 8.63. The van der Waals surface area contributed by atoms with Crippen LogP contribution in [0.2, 0.25) is 5.02 Å². The molecule has 0 fully saturated rings. The van der Waals surface area contributed by atoms with Crippen LogP contribution in [0, 0.1) is 0 Å². The molecule has 1 aliphatic heterocycles. The number of halogens is 1. The normalized spacial score (nSPS) is 19.0. The van der Waals surface area contributed by atoms with Gasteiger partial charge in [0.2, 0.25) is 0 Å². The summed E-state index contributed by atoms with van der Waals surface area (Å²) < 4.78 is 7.70. The lowest BCUT2D eigenvalue weighted by Crippen LogP contribution is -2.33. The van der Waals surface area contributed by atoms with Crippen LogP contribution in [0.25, 0.3) is 10.9 Å². The molecule has 4 heteroatoms. The van der Waals surface area contributed by atoms with Crippen molar-refractivity contribution in [2.45, 2.75) is 25.9 Å². The molecule has 0 saturated carbocycles. The third kappa shape index (κ3) is 1.54. The van der Waals surface area contributed by atoms with Crippen LogP contribution in [0.1, 0.15) is 18.2 Å². The van der Waals surface area contributed by atoms with Gasteiger partial charge < -0.3 is 14.6 Å². The largest absolute Gasteiger partial charge is 0.495 e. The van der Waals surface area contributed by atoms with Gasteiger partial charge in [0.05, 0.1) is 17.6 Å². The quantitative estimate of drug-likeness (QED) is 0.857. The summed E-state index contributed by atoms with van der Waals surface area (Å²) in [5.74, 6) is 0.888. The average molecular weight is 265 g/mol. The van der Waals surface area contributed by atoms with Crippen LogP contribution in [-0.2, 0) is 20.0 Å². The maximum atomic E-state index is 6.38. The molecular weight excluding hydrogens is 248 g/mol. The van der Waals surface area contributed by atoms with Gasteiger partial charge in [-0.25, -0.2) is 0 Å². The molecule has 96 valence electrons. The van der Waals surface area contributed by atoms with E-state index < -0.39 is 0 Å². The van der Waals surface area contributed by atoms with Gasteiger partial charge in [-0.1, -0.05) is 11.6 Å². The molecule has 1 N–H and O–H groups in total. The van der Waals surface area contributed by atoms with E-state index in [1.54, 1.807) is 7.11 Å². The third-order valence-corrected chi connectivity index (χ3v) is 4.14. The average Bonchev–Trinajstić information content (AvgIpc) is 2.65. The zero-order valence-electron chi connectivity index (χ0n) is 10.9. The Kier molecular flexibility index (Phi) is 2.76. The number of rotatable bonds is 1. The van der Waals surface area contributed by atoms with Crippen molar-refractivity contribution in [3.8, 4) is 5.75 Å². The summed E-state index contributed by atoms with van der Waals surface area (Å²) >= 11 is 6.38. The highest BCUT2D eigenvalue weighted by Crippen LogP contribution is 2.38. The summed E-state index contributed by atoms with van der Waals surface area (Å²) in [6, 6.07) is 4.36. The van der Waals surface area contributed by atoms with Gasteiger partial charge in [0.1, 0.15) is 5.75 Å². The number of ether oxygens (including phenoxy) is 1. The molecule has 0 saturated heterocycles. The van der Waals surface area contributed by atoms with Crippen molar-refractivity contribution in [1.29, 1.82) is 0 Å². The molecule has 0 radical (unpaired) electrons. The van der Waals surface area contributed by atoms with E-state index >= 15 is 0 Å². The zero-order valence-corrected chi connectivity index (χ0v) is 11.6. The van der Waals surface area contributed by atoms with E-state index in [4.69, 9.17) is 16.3 Å². The molecule has 2 heterocycles. The number of methoxy groups -OCH3 is 1. The molecule has 1 aromatic heterocycles. The predicted molar refractivity (Wildman–Crippen MR) is 74.5 cm³/mol. The van der Waals surface area contributed by atoms with Crippen LogP contribution in [0.5, 0.6) is 5.75 Å². The van der Waals surface area contributed by atoms with Gasteiger partial charge in [-0.3, -0.25) is 0 Å². The van der Waals surface area contributed by atoms with Crippen molar-refractivity contribution in [2.24, 2.45) is 7.05 Å². The first-order valence-corrected chi connectivity index (χ1v) is 6.57. The minimum atomic E-state index is 0.505. The van der Waals surface area contributed by atoms with E-state index in [0.717, 1.165) is 34.6 Å². The topological polar surface area (TPSA) is 26.2 Å². The fourth-order valence-electron chi connectivity index (χ4n) is 2.90. The number of nitrogens with zero attached hydrogens (tertiary/aromatic N) is 1. The summed E-state index contributed by atoms with van der Waals surface area (Å²) in [6.45, 7) is 3.08. The summed E-state index contributed by atoms with van der Waals surface area (Å²) in [5, 5.41) is 5.43. The lowest BCUT2D eigenvalue weighted by molar-refractivity contribution is 0.417. The SMILES string of the molecule is COc1ccc(Cl)c2c3c(n(C)c12)CC(C)NC3. The smallest absolute Gasteiger partial charge is 0.143 e. The number of benzene rings is 1. The Hall–Kier alpha value is -1.19. The minimum absolute atomic E-state index is 0.505. The van der Waals surface area contributed by atoms with Crippen molar-refractivity contribution < 1.29 is 4.74 Å². The number of hydrogen-bond donors (Lipinski definition) is 1. The molecule has 0 bridgehead atoms. The van der Waals surface area contributed by atoms with Crippen LogP contribution in [0.4, 0.5) is 0 Å². The van der Waals surface area contributed by atoms with Gasteiger partial charge in [0, 0.05) is 37.1 Å². The lowest BCUT2D eigenvalue weighted by Gasteiger charge is -2.21. The second kappa shape index (κ2) is 4.18. The van der Waals surface area contributed by atoms with E-state index in [1.165, 1.54) is 11.3 Å². The fraction of sp³-hybridized carbons (Fsp3) is 0.429. The number of fused-ring (bicyclic) bond motifs is 3. The van der Waals surface area contributed by atoms with E-state index in [9.17, 15) is 0 Å². The summed E-state index contributed by atoms with van der Waals surface area (Å²) in [4.78, 5) is 0. The Morgan fingerprint density at radius 3 is 2.94 bits per heavy atom. The van der Waals surface area contributed by atoms with Crippen molar-refractivity contribution in [3.05, 3.63) is 28.4 Å². The molecule has 3 nitrogen and oxygen atoms in total. The minimum Gasteiger partial charge on any atom is -0.495 e. The highest BCUT2D eigenvalue weighted by atomic mass is 35.5. The van der Waals surface area contributed by atoms with Gasteiger partial charge in [0.25, 0.3) is 0 Å². The first-order valence-electron chi connectivity index (χ1n) is 6.19. The van der Waals surface area contributed by atoms with Gasteiger partial charge in [-0.2, -0.15) is 0 Å². The van der Waals surface area contributed by atoms with Crippen molar-refractivity contribution >= 4 is 22.5 Å². The molecule has 2 aromatic rings. The van der Waals surface area contributed by atoms with E-state index in [-0.39, 0.29) is 0 Å². The molecule has 1 unspecified atom stereocenters. The molecule has 1 aliphatic rings. The van der Waals surface area contributed by atoms with Crippen molar-refractivity contribution in [1.82, 2.24) is 9.88 Å². The van der Waals surface area contributed by atoms with Crippen molar-refractivity contribution in [2.75, 3.05) is 7.11 Å². The number of hydrogen-bond acceptors (Lipinski definition) is 2. The van der Waals surface area contributed by atoms with Crippen LogP contribution in [0.15, 0.2) is 12.1 Å². The highest BCUT2D eigenvalue weighted by Gasteiger charge is 2.24. The first kappa shape index (κ1) is 11.9. The Morgan fingerprint density at radius 1 is 1.44 bits per heavy atom. The summed E-state index contributed by atoms with van der Waals surface area (Å²) in [7, 11) is 3.80. The fourth-order valence-corrected chi connectivity index (χ4v) is 3.17. The molecule has 18 heavy (non-hydrogen) atoms. The Balaban J connectivity index is 2.38. The Labute approximate surface area is 112 Å². The summed E-state index contributed by atoms with van der Waals surface area (Å²) in [5.41, 5.74) is 3.78. The lowest BCUT2D eigenvalue weighted by atomic mass is 10.0. The van der Waals surface area contributed by atoms with E-state index in [0.29, 0.717) is 6.04 Å². The highest BCUT2D eigenvalue weighted by molar-refractivity contribution is 6.36. The number of aromatic nitrogens is 1. The molecule has 1 atom stereocenters. The monoisotopic (exact) mass is 264 g/mol. The number of aryl methyl sites for hydroxylation is 1. The second-order valence-electron chi connectivity index (χ2n) is 4.94. The molecule has 0 spiro atoms. The van der Waals surface area contributed by atoms with Crippen LogP contribution < -0.4 is 10.1 Å². The molecular formula is C14H17ClN2O. The molecule has 3 rings (SSSR count). The number of nitrogens with one attached hydrogen (secondary N) is 1. The summed E-state index contributed by atoms with van der Waals surface area (Å²) in [6.07, 6.45) is 1.03. The molecule has 0 aliphatic carbocycles. The van der Waals surface area contributed by atoms with Crippen LogP contribution >= 0.6 is 11.6 Å². The van der Waals surface area contributed by atoms with Gasteiger partial charge in [-0.05, 0) is 24.6 Å². The van der Waals surface area contributed by atoms with E-state index in [2.05, 4.69) is 23.9 Å². The van der Waals surface area contributed by atoms with Gasteiger partial charge in [0.15, 0.2) is 0 Å². The third-order valence-electron chi connectivity index (χ3n) is 3.83. The maximum absolute atomic E-state index is 6.38. The Morgan fingerprint density at radius 2 is 2.22 bits per heavy atom. The van der Waals surface area contributed by atoms with Gasteiger partial charge in [-0.15, -0.1) is 0 Å². The van der Waals surface area contributed by atoms with E-state index in [1.807, 2.05) is 12.1 Å². The molecule has 1 aromatic carbocycles. The maximum Gasteiger partial charge on any atom is 0.143 e. The standard InChI is InChI=1S/C14H17ClN2O/c1-8-6-11-9(7-16-8)13-10(15)4-5-12(18-3)14(13)17(11)2/h4-5,8,16H,6-7H2,1-3H3. The van der Waals surface area contributed by atoms with Crippen LogP contribution in [-0.4, -0.2) is 17.7 Å². The van der Waals surface area contributed by atoms with Crippen LogP contribution in [0.3, 0.4) is 0 Å². The van der Waals surface area contributed by atoms with Gasteiger partial charge >= 0.3 is 0 Å². The van der Waals surface area contributed by atoms with Crippen molar-refractivity contribution in [3.63, 3.8) is 0 Å². The zero-order chi connectivity index (χ0) is 12.9. The molecule has 0 amide bonds. The second-order valence-corrected chi connectivity index (χ2v) is 5.35.